The number of aromatic nitrogens is 2. The first-order valence-electron chi connectivity index (χ1n) is 9.96. The highest BCUT2D eigenvalue weighted by molar-refractivity contribution is 8.00. The maximum atomic E-state index is 13.0. The third-order valence-electron chi connectivity index (χ3n) is 5.44. The second-order valence-corrected chi connectivity index (χ2v) is 9.71. The number of amides is 1. The van der Waals surface area contributed by atoms with Crippen LogP contribution in [-0.4, -0.2) is 26.8 Å². The number of carbonyl (C=O) groups excluding carboxylic acids is 1. The Kier molecular flexibility index (Phi) is 6.71. The Labute approximate surface area is 175 Å². The maximum Gasteiger partial charge on any atom is 0.262 e. The van der Waals surface area contributed by atoms with Crippen LogP contribution in [0.3, 0.4) is 0 Å². The number of fused-ring (bicyclic) bond motifs is 1. The monoisotopic (exact) mass is 421 g/mol. The van der Waals surface area contributed by atoms with Gasteiger partial charge in [0.1, 0.15) is 0 Å². The molecule has 0 unspecified atom stereocenters. The summed E-state index contributed by atoms with van der Waals surface area (Å²) >= 11 is 7.41. The van der Waals surface area contributed by atoms with Crippen LogP contribution in [0, 0.1) is 5.92 Å². The molecule has 0 bridgehead atoms. The molecule has 0 aliphatic heterocycles. The standard InChI is InChI=1S/C21H28ClN3O2S/c1-12(2)25-20(27)16-10-9-15(22)11-18(16)24-21(25)28-14(4)19(26)23-17-8-6-5-7-13(17)3/h9-14,17H,5-8H2,1-4H3,(H,23,26)/t13-,14-,17-/m1/s1. The van der Waals surface area contributed by atoms with Gasteiger partial charge in [-0.25, -0.2) is 4.98 Å². The molecule has 1 heterocycles. The van der Waals surface area contributed by atoms with Gasteiger partial charge in [0.2, 0.25) is 5.91 Å². The zero-order valence-electron chi connectivity index (χ0n) is 16.9. The second-order valence-electron chi connectivity index (χ2n) is 7.96. The van der Waals surface area contributed by atoms with E-state index in [4.69, 9.17) is 11.6 Å². The number of benzene rings is 1. The predicted molar refractivity (Wildman–Crippen MR) is 116 cm³/mol. The van der Waals surface area contributed by atoms with Crippen molar-refractivity contribution in [3.8, 4) is 0 Å². The Hall–Kier alpha value is -1.53. The summed E-state index contributed by atoms with van der Waals surface area (Å²) < 4.78 is 1.66. The fourth-order valence-corrected chi connectivity index (χ4v) is 4.95. The number of rotatable bonds is 5. The molecule has 1 fully saturated rings. The van der Waals surface area contributed by atoms with E-state index in [2.05, 4.69) is 17.2 Å². The van der Waals surface area contributed by atoms with Gasteiger partial charge in [0.05, 0.1) is 16.2 Å². The Morgan fingerprint density at radius 1 is 1.29 bits per heavy atom. The van der Waals surface area contributed by atoms with Crippen LogP contribution in [0.5, 0.6) is 0 Å². The van der Waals surface area contributed by atoms with E-state index in [1.54, 1.807) is 22.8 Å². The van der Waals surface area contributed by atoms with Crippen LogP contribution < -0.4 is 10.9 Å². The van der Waals surface area contributed by atoms with E-state index in [1.807, 2.05) is 20.8 Å². The number of halogens is 1. The molecule has 2 aromatic rings. The molecule has 1 aromatic carbocycles. The molecule has 3 atom stereocenters. The molecule has 1 N–H and O–H groups in total. The quantitative estimate of drug-likeness (QED) is 0.556. The summed E-state index contributed by atoms with van der Waals surface area (Å²) in [5.41, 5.74) is 0.457. The van der Waals surface area contributed by atoms with E-state index in [9.17, 15) is 9.59 Å². The molecule has 152 valence electrons. The Balaban J connectivity index is 1.86. The van der Waals surface area contributed by atoms with Crippen LogP contribution in [0.1, 0.15) is 59.4 Å². The minimum atomic E-state index is -0.345. The van der Waals surface area contributed by atoms with E-state index >= 15 is 0 Å². The zero-order chi connectivity index (χ0) is 20.4. The first-order chi connectivity index (χ1) is 13.3. The summed E-state index contributed by atoms with van der Waals surface area (Å²) in [5, 5.41) is 4.48. The molecule has 1 aliphatic carbocycles. The van der Waals surface area contributed by atoms with Crippen LogP contribution in [0.25, 0.3) is 10.9 Å². The number of thioether (sulfide) groups is 1. The van der Waals surface area contributed by atoms with Crippen molar-refractivity contribution < 1.29 is 4.79 Å². The van der Waals surface area contributed by atoms with Crippen molar-refractivity contribution in [2.45, 2.75) is 75.9 Å². The van der Waals surface area contributed by atoms with Crippen LogP contribution in [0.2, 0.25) is 5.02 Å². The van der Waals surface area contributed by atoms with Crippen molar-refractivity contribution in [3.05, 3.63) is 33.6 Å². The van der Waals surface area contributed by atoms with E-state index < -0.39 is 0 Å². The van der Waals surface area contributed by atoms with Gasteiger partial charge in [0.15, 0.2) is 5.16 Å². The molecular weight excluding hydrogens is 394 g/mol. The van der Waals surface area contributed by atoms with Crippen molar-refractivity contribution >= 4 is 40.2 Å². The van der Waals surface area contributed by atoms with Crippen LogP contribution >= 0.6 is 23.4 Å². The summed E-state index contributed by atoms with van der Waals surface area (Å²) in [6, 6.07) is 5.28. The third kappa shape index (κ3) is 4.54. The summed E-state index contributed by atoms with van der Waals surface area (Å²) in [7, 11) is 0. The average molecular weight is 422 g/mol. The summed E-state index contributed by atoms with van der Waals surface area (Å²) in [6.45, 7) is 7.96. The molecule has 0 spiro atoms. The Morgan fingerprint density at radius 3 is 2.68 bits per heavy atom. The number of hydrogen-bond acceptors (Lipinski definition) is 4. The average Bonchev–Trinajstić information content (AvgIpc) is 2.63. The van der Waals surface area contributed by atoms with Crippen LogP contribution in [0.15, 0.2) is 28.2 Å². The van der Waals surface area contributed by atoms with E-state index in [1.165, 1.54) is 18.2 Å². The molecule has 28 heavy (non-hydrogen) atoms. The number of carbonyl (C=O) groups is 1. The van der Waals surface area contributed by atoms with Crippen molar-refractivity contribution in [2.24, 2.45) is 5.92 Å². The lowest BCUT2D eigenvalue weighted by molar-refractivity contribution is -0.121. The van der Waals surface area contributed by atoms with Gasteiger partial charge in [0.25, 0.3) is 5.56 Å². The van der Waals surface area contributed by atoms with Gasteiger partial charge in [-0.05, 0) is 57.7 Å². The van der Waals surface area contributed by atoms with Gasteiger partial charge in [-0.15, -0.1) is 0 Å². The van der Waals surface area contributed by atoms with Gasteiger partial charge >= 0.3 is 0 Å². The number of hydrogen-bond donors (Lipinski definition) is 1. The highest BCUT2D eigenvalue weighted by atomic mass is 35.5. The minimum absolute atomic E-state index is 0.000467. The van der Waals surface area contributed by atoms with Gasteiger partial charge < -0.3 is 5.32 Å². The van der Waals surface area contributed by atoms with Gasteiger partial charge in [-0.3, -0.25) is 14.2 Å². The van der Waals surface area contributed by atoms with Gasteiger partial charge in [-0.1, -0.05) is 43.1 Å². The lowest BCUT2D eigenvalue weighted by Crippen LogP contribution is -2.44. The third-order valence-corrected chi connectivity index (χ3v) is 6.74. The highest BCUT2D eigenvalue weighted by Gasteiger charge is 2.26. The summed E-state index contributed by atoms with van der Waals surface area (Å²) in [5.74, 6) is 0.504. The van der Waals surface area contributed by atoms with Crippen LogP contribution in [-0.2, 0) is 4.79 Å². The molecule has 7 heteroatoms. The second kappa shape index (κ2) is 8.87. The fraction of sp³-hybridized carbons (Fsp3) is 0.571. The van der Waals surface area contributed by atoms with Crippen molar-refractivity contribution in [1.82, 2.24) is 14.9 Å². The first-order valence-corrected chi connectivity index (χ1v) is 11.2. The summed E-state index contributed by atoms with van der Waals surface area (Å²) in [4.78, 5) is 30.4. The lowest BCUT2D eigenvalue weighted by Gasteiger charge is -2.30. The van der Waals surface area contributed by atoms with Crippen molar-refractivity contribution in [1.29, 1.82) is 0 Å². The largest absolute Gasteiger partial charge is 0.352 e. The first kappa shape index (κ1) is 21.2. The molecule has 0 radical (unpaired) electrons. The van der Waals surface area contributed by atoms with Gasteiger partial charge in [-0.2, -0.15) is 0 Å². The molecule has 0 saturated heterocycles. The normalized spacial score (nSPS) is 21.1. The molecule has 1 amide bonds. The van der Waals surface area contributed by atoms with Crippen LogP contribution in [0.4, 0.5) is 0 Å². The van der Waals surface area contributed by atoms with Gasteiger partial charge in [0, 0.05) is 17.1 Å². The van der Waals surface area contributed by atoms with E-state index in [-0.39, 0.29) is 28.8 Å². The van der Waals surface area contributed by atoms with Crippen molar-refractivity contribution in [3.63, 3.8) is 0 Å². The smallest absolute Gasteiger partial charge is 0.262 e. The summed E-state index contributed by atoms with van der Waals surface area (Å²) in [6.07, 6.45) is 4.60. The molecule has 3 rings (SSSR count). The minimum Gasteiger partial charge on any atom is -0.352 e. The molecular formula is C21H28ClN3O2S. The highest BCUT2D eigenvalue weighted by Crippen LogP contribution is 2.28. The lowest BCUT2D eigenvalue weighted by atomic mass is 9.86. The molecule has 1 aliphatic rings. The SMILES string of the molecule is CC(C)n1c(S[C@H](C)C(=O)N[C@@H]2CCCC[C@H]2C)nc2cc(Cl)ccc2c1=O. The molecule has 5 nitrogen and oxygen atoms in total. The number of nitrogens with zero attached hydrogens (tertiary/aromatic N) is 2. The molecule has 1 saturated carbocycles. The Bertz CT molecular complexity index is 928. The maximum absolute atomic E-state index is 13.0. The topological polar surface area (TPSA) is 64.0 Å². The zero-order valence-corrected chi connectivity index (χ0v) is 18.4. The van der Waals surface area contributed by atoms with E-state index in [0.29, 0.717) is 27.0 Å². The van der Waals surface area contributed by atoms with E-state index in [0.717, 1.165) is 19.3 Å². The number of nitrogens with one attached hydrogen (secondary N) is 1. The fourth-order valence-electron chi connectivity index (χ4n) is 3.73. The predicted octanol–water partition coefficient (Wildman–Crippen LogP) is 4.81. The molecule has 1 aromatic heterocycles. The van der Waals surface area contributed by atoms with Crippen molar-refractivity contribution in [2.75, 3.05) is 0 Å². The Morgan fingerprint density at radius 2 is 2.00 bits per heavy atom.